The predicted molar refractivity (Wildman–Crippen MR) is 119 cm³/mol. The molecule has 2 aromatic heterocycles. The van der Waals surface area contributed by atoms with Gasteiger partial charge in [-0.2, -0.15) is 18.4 Å². The van der Waals surface area contributed by atoms with Crippen LogP contribution < -0.4 is 21.1 Å². The highest BCUT2D eigenvalue weighted by Gasteiger charge is 2.25. The van der Waals surface area contributed by atoms with Gasteiger partial charge in [0.25, 0.3) is 0 Å². The summed E-state index contributed by atoms with van der Waals surface area (Å²) in [5, 5.41) is 4.70. The third kappa shape index (κ3) is 4.80. The number of rotatable bonds is 6. The first kappa shape index (κ1) is 23.5. The number of fused-ring (bicyclic) bond motifs is 3. The van der Waals surface area contributed by atoms with Gasteiger partial charge in [-0.15, -0.1) is 0 Å². The van der Waals surface area contributed by atoms with E-state index >= 15 is 0 Å². The quantitative estimate of drug-likeness (QED) is 0.509. The summed E-state index contributed by atoms with van der Waals surface area (Å²) in [6.45, 7) is 3.78. The zero-order chi connectivity index (χ0) is 24.7. The van der Waals surface area contributed by atoms with Crippen LogP contribution in [0.3, 0.4) is 0 Å². The number of benzene rings is 1. The standard InChI is InChI=1S/C23H25F3N6O3/c1-13-8-30(9-14(2)34-13)10-15-5-18-20(27-7-15)31(23(33)32-21(18)28-12-29-32)11-16-3-4-17(6-19(16)24)35-22(25)26/h3-6,12-15,22H,7-11H2,1-2H3/t13-,14+,15?. The van der Waals surface area contributed by atoms with E-state index in [9.17, 15) is 18.0 Å². The van der Waals surface area contributed by atoms with Crippen molar-refractivity contribution in [3.63, 3.8) is 0 Å². The van der Waals surface area contributed by atoms with E-state index in [2.05, 4.69) is 33.6 Å². The Morgan fingerprint density at radius 3 is 2.71 bits per heavy atom. The molecule has 0 aliphatic carbocycles. The third-order valence-electron chi connectivity index (χ3n) is 6.14. The highest BCUT2D eigenvalue weighted by atomic mass is 19.3. The van der Waals surface area contributed by atoms with E-state index in [1.165, 1.54) is 23.0 Å². The molecule has 2 aliphatic rings. The number of ether oxygens (including phenoxy) is 2. The van der Waals surface area contributed by atoms with Crippen molar-refractivity contribution in [1.82, 2.24) is 24.1 Å². The molecule has 1 fully saturated rings. The molecule has 1 aromatic carbocycles. The topological polar surface area (TPSA) is 86.2 Å². The maximum atomic E-state index is 14.7. The van der Waals surface area contributed by atoms with Crippen LogP contribution in [0.2, 0.25) is 0 Å². The number of morpholine rings is 1. The molecule has 0 saturated carbocycles. The minimum atomic E-state index is -3.06. The van der Waals surface area contributed by atoms with E-state index < -0.39 is 18.1 Å². The Morgan fingerprint density at radius 2 is 2.00 bits per heavy atom. The molecule has 5 rings (SSSR count). The van der Waals surface area contributed by atoms with Crippen molar-refractivity contribution in [2.24, 2.45) is 10.9 Å². The van der Waals surface area contributed by atoms with Crippen molar-refractivity contribution in [3.8, 4) is 5.75 Å². The van der Waals surface area contributed by atoms with Gasteiger partial charge in [-0.05, 0) is 19.9 Å². The molecule has 186 valence electrons. The van der Waals surface area contributed by atoms with E-state index in [4.69, 9.17) is 9.73 Å². The van der Waals surface area contributed by atoms with Gasteiger partial charge in [0, 0.05) is 43.7 Å². The number of nitrogens with zero attached hydrogens (tertiary/aromatic N) is 6. The van der Waals surface area contributed by atoms with Crippen LogP contribution in [-0.2, 0) is 11.3 Å². The summed E-state index contributed by atoms with van der Waals surface area (Å²) < 4.78 is 52.1. The molecule has 0 spiro atoms. The van der Waals surface area contributed by atoms with Crippen molar-refractivity contribution in [2.75, 3.05) is 26.2 Å². The van der Waals surface area contributed by atoms with Gasteiger partial charge in [0.1, 0.15) is 23.4 Å². The second-order valence-corrected chi connectivity index (χ2v) is 8.98. The molecule has 0 bridgehead atoms. The molecule has 9 nitrogen and oxygen atoms in total. The fraction of sp³-hybridized carbons (Fsp3) is 0.478. The molecular formula is C23H25F3N6O3. The second kappa shape index (κ2) is 9.42. The number of halogens is 3. The summed E-state index contributed by atoms with van der Waals surface area (Å²) in [5.74, 6) is -0.973. The van der Waals surface area contributed by atoms with Crippen LogP contribution in [0.1, 0.15) is 19.4 Å². The Morgan fingerprint density at radius 1 is 1.23 bits per heavy atom. The number of hydrogen-bond acceptors (Lipinski definition) is 7. The van der Waals surface area contributed by atoms with Gasteiger partial charge < -0.3 is 9.47 Å². The van der Waals surface area contributed by atoms with Crippen molar-refractivity contribution in [1.29, 1.82) is 0 Å². The normalized spacial score (nSPS) is 22.6. The second-order valence-electron chi connectivity index (χ2n) is 8.98. The lowest BCUT2D eigenvalue weighted by molar-refractivity contribution is -0.0696. The highest BCUT2D eigenvalue weighted by molar-refractivity contribution is 5.45. The molecule has 2 aliphatic heterocycles. The molecule has 3 atom stereocenters. The first-order valence-corrected chi connectivity index (χ1v) is 11.4. The lowest BCUT2D eigenvalue weighted by atomic mass is 10.0. The first-order valence-electron chi connectivity index (χ1n) is 11.4. The zero-order valence-electron chi connectivity index (χ0n) is 19.3. The summed E-state index contributed by atoms with van der Waals surface area (Å²) in [7, 11) is 0. The maximum absolute atomic E-state index is 14.7. The van der Waals surface area contributed by atoms with Crippen molar-refractivity contribution in [3.05, 3.63) is 57.1 Å². The van der Waals surface area contributed by atoms with Crippen LogP contribution in [0.25, 0.3) is 11.7 Å². The van der Waals surface area contributed by atoms with Gasteiger partial charge in [-0.3, -0.25) is 14.5 Å². The molecule has 0 radical (unpaired) electrons. The van der Waals surface area contributed by atoms with Crippen LogP contribution in [0.5, 0.6) is 5.75 Å². The van der Waals surface area contributed by atoms with Gasteiger partial charge in [0.05, 0.1) is 24.0 Å². The molecule has 35 heavy (non-hydrogen) atoms. The van der Waals surface area contributed by atoms with Crippen molar-refractivity contribution >= 4 is 11.7 Å². The fourth-order valence-corrected chi connectivity index (χ4v) is 4.85. The lowest BCUT2D eigenvalue weighted by Crippen LogP contribution is -2.51. The summed E-state index contributed by atoms with van der Waals surface area (Å²) in [4.78, 5) is 24.4. The Kier molecular flexibility index (Phi) is 6.32. The van der Waals surface area contributed by atoms with Gasteiger partial charge in [-0.25, -0.2) is 14.2 Å². The monoisotopic (exact) mass is 490 g/mol. The minimum absolute atomic E-state index is 0.0916. The zero-order valence-corrected chi connectivity index (χ0v) is 19.3. The van der Waals surface area contributed by atoms with Gasteiger partial charge in [0.15, 0.2) is 5.65 Å². The molecule has 3 aromatic rings. The first-order chi connectivity index (χ1) is 16.8. The van der Waals surface area contributed by atoms with Gasteiger partial charge >= 0.3 is 12.3 Å². The smallest absolute Gasteiger partial charge is 0.387 e. The molecule has 0 N–H and O–H groups in total. The number of aromatic nitrogens is 4. The van der Waals surface area contributed by atoms with Crippen LogP contribution in [0.4, 0.5) is 13.2 Å². The van der Waals surface area contributed by atoms with Crippen molar-refractivity contribution < 1.29 is 22.6 Å². The fourth-order valence-electron chi connectivity index (χ4n) is 4.85. The average molecular weight is 490 g/mol. The van der Waals surface area contributed by atoms with E-state index in [-0.39, 0.29) is 36.0 Å². The van der Waals surface area contributed by atoms with Crippen molar-refractivity contribution in [2.45, 2.75) is 39.2 Å². The minimum Gasteiger partial charge on any atom is -0.435 e. The predicted octanol–water partition coefficient (Wildman–Crippen LogP) is 0.819. The number of alkyl halides is 2. The van der Waals surface area contributed by atoms with Crippen LogP contribution in [0, 0.1) is 11.7 Å². The SMILES string of the molecule is C[C@@H]1CN(CC2C=c3c(n(Cc4ccc(OC(F)F)cc4F)c(=O)n4ncnc34)=NC2)C[C@H](C)O1. The van der Waals surface area contributed by atoms with E-state index in [0.29, 0.717) is 22.9 Å². The molecule has 4 heterocycles. The van der Waals surface area contributed by atoms with E-state index in [1.54, 1.807) is 0 Å². The lowest BCUT2D eigenvalue weighted by Gasteiger charge is -2.36. The summed E-state index contributed by atoms with van der Waals surface area (Å²) in [6, 6.07) is 3.42. The van der Waals surface area contributed by atoms with Gasteiger partial charge in [-0.1, -0.05) is 12.1 Å². The summed E-state index contributed by atoms with van der Waals surface area (Å²) >= 11 is 0. The van der Waals surface area contributed by atoms with Crippen LogP contribution in [0.15, 0.2) is 34.3 Å². The number of hydrogen-bond donors (Lipinski definition) is 0. The molecule has 1 unspecified atom stereocenters. The highest BCUT2D eigenvalue weighted by Crippen LogP contribution is 2.19. The van der Waals surface area contributed by atoms with Crippen LogP contribution >= 0.6 is 0 Å². The molecule has 12 heteroatoms. The largest absolute Gasteiger partial charge is 0.435 e. The van der Waals surface area contributed by atoms with E-state index in [1.807, 2.05) is 6.08 Å². The Bertz CT molecular complexity index is 1410. The Balaban J connectivity index is 1.51. The maximum Gasteiger partial charge on any atom is 0.387 e. The molecular weight excluding hydrogens is 465 g/mol. The Labute approximate surface area is 198 Å². The summed E-state index contributed by atoms with van der Waals surface area (Å²) in [6.07, 6.45) is 3.63. The van der Waals surface area contributed by atoms with E-state index in [0.717, 1.165) is 30.2 Å². The molecule has 1 saturated heterocycles. The van der Waals surface area contributed by atoms with Crippen LogP contribution in [-0.4, -0.2) is 69.1 Å². The average Bonchev–Trinajstić information content (AvgIpc) is 3.27. The molecule has 0 amide bonds. The Hall–Kier alpha value is -3.25. The third-order valence-corrected chi connectivity index (χ3v) is 6.14. The summed E-state index contributed by atoms with van der Waals surface area (Å²) in [5.41, 5.74) is 0.390. The van der Waals surface area contributed by atoms with Gasteiger partial charge in [0.2, 0.25) is 0 Å².